The second-order valence-electron chi connectivity index (χ2n) is 34.7. The van der Waals surface area contributed by atoms with Gasteiger partial charge < -0.3 is 125 Å². The number of carboxylic acids is 2. The number of carbonyl (C=O) groups is 19. The van der Waals surface area contributed by atoms with Crippen molar-refractivity contribution in [2.75, 3.05) is 64.9 Å². The Hall–Kier alpha value is -13.6. The molecule has 3 saturated heterocycles. The van der Waals surface area contributed by atoms with E-state index in [2.05, 4.69) is 68.1 Å². The summed E-state index contributed by atoms with van der Waals surface area (Å²) in [5.41, 5.74) is 19.5. The van der Waals surface area contributed by atoms with Crippen molar-refractivity contribution in [1.29, 1.82) is 0 Å². The van der Waals surface area contributed by atoms with Gasteiger partial charge in [-0.15, -0.1) is 23.1 Å². The molecule has 137 heavy (non-hydrogen) atoms. The Bertz CT molecular complexity index is 5330. The number of amides is 17. The molecule has 0 bridgehead atoms. The second-order valence-corrected chi connectivity index (χ2v) is 36.7. The van der Waals surface area contributed by atoms with Crippen LogP contribution in [0.3, 0.4) is 0 Å². The minimum atomic E-state index is -1.95. The first-order valence-electron chi connectivity index (χ1n) is 45.4. The molecule has 46 heteroatoms. The Balaban J connectivity index is 1.11. The fraction of sp³-hybridized carbons (Fsp3) is 0.516. The first-order chi connectivity index (χ1) is 65.3. The van der Waals surface area contributed by atoms with Crippen LogP contribution in [0, 0.1) is 5.92 Å². The standard InChI is InChI=1S/C91H123N21O23S2/c1-7-9-19-68-84(128)103-61(32-49(3)4)81(125)107-67(79(123)97-41-74(94)116)46-136-47-76(118)100-64(33-50-23-25-54(113)26-24-50)88(132)110(44-78(121)122)43-75(117)99-66(38-73(93)115)90(134)111-31-15-21-69(111)85(129)105-63(36-53-40-95-48-98-53)83(127)102-60(27-28-77(119)120)89(133)112-42-55(114)37-71(112)86(130)104-62(34-51-39-96-58-18-13-11-16-56(51)58)82(126)101-59(29-30-92)80(124)106-65(35-52-45-137-72-22-14-12-17-57(52)72)87(131)109(6)70(20-10-8-2)91(135)108(68)5/h11-14,16-18,22-26,39-40,45,48-49,55,59-71,96,113-114H,7-10,15,19-21,27-38,41-44,46-47,92H2,1-6H3,(H2,93,115)(H2,94,116)(H,95,98)(H,97,123)(H,99,117)(H,100,118)(H,101,126)(H,102,127)(H,103,128)(H,104,130)(H,105,129)(H,106,124)(H,107,125)(H,119,120)(H,121,122)/t55-,59+,60+,61+,62+,63+,64+,65+,66+,67+,68+,69+,70+,71+/m1/s1. The van der Waals surface area contributed by atoms with E-state index in [1.54, 1.807) is 55.8 Å². The Morgan fingerprint density at radius 1 is 0.569 bits per heavy atom. The van der Waals surface area contributed by atoms with Crippen LogP contribution in [0.4, 0.5) is 0 Å². The first-order valence-corrected chi connectivity index (χ1v) is 47.4. The van der Waals surface area contributed by atoms with Crippen molar-refractivity contribution in [3.63, 3.8) is 0 Å². The first kappa shape index (κ1) is 107. The van der Waals surface area contributed by atoms with Gasteiger partial charge in [-0.05, 0) is 109 Å². The number of aromatic nitrogens is 3. The maximum atomic E-state index is 15.8. The van der Waals surface area contributed by atoms with E-state index in [-0.39, 0.29) is 87.4 Å². The van der Waals surface area contributed by atoms with E-state index in [1.807, 2.05) is 32.0 Å². The number of thioether (sulfide) groups is 1. The lowest BCUT2D eigenvalue weighted by atomic mass is 9.99. The van der Waals surface area contributed by atoms with Crippen LogP contribution in [0.1, 0.15) is 140 Å². The van der Waals surface area contributed by atoms with Gasteiger partial charge >= 0.3 is 11.9 Å². The van der Waals surface area contributed by atoms with Crippen LogP contribution in [-0.2, 0) is 117 Å². The van der Waals surface area contributed by atoms with Crippen LogP contribution >= 0.6 is 23.1 Å². The number of carboxylic acid groups (broad SMARTS) is 2. The van der Waals surface area contributed by atoms with Gasteiger partial charge in [0.15, 0.2) is 0 Å². The summed E-state index contributed by atoms with van der Waals surface area (Å²) in [7, 11) is 2.74. The number of benzene rings is 3. The number of aliphatic hydroxyl groups excluding tert-OH is 1. The number of carbonyl (C=O) groups excluding carboxylic acids is 17. The molecule has 3 aliphatic rings. The van der Waals surface area contributed by atoms with Gasteiger partial charge in [0.1, 0.15) is 97.4 Å². The monoisotopic (exact) mass is 1940 g/mol. The Labute approximate surface area is 797 Å². The van der Waals surface area contributed by atoms with E-state index in [4.69, 9.17) is 17.2 Å². The Morgan fingerprint density at radius 2 is 1.16 bits per heavy atom. The van der Waals surface area contributed by atoms with Crippen LogP contribution in [0.5, 0.6) is 5.75 Å². The molecule has 3 aromatic carbocycles. The molecule has 6 heterocycles. The fourth-order valence-corrected chi connectivity index (χ4v) is 18.6. The third-order valence-electron chi connectivity index (χ3n) is 23.8. The van der Waals surface area contributed by atoms with Gasteiger partial charge in [0.05, 0.1) is 31.1 Å². The molecule has 0 saturated carbocycles. The normalized spacial score (nSPS) is 24.0. The highest BCUT2D eigenvalue weighted by Gasteiger charge is 2.47. The Morgan fingerprint density at radius 3 is 1.81 bits per heavy atom. The number of para-hydroxylation sites is 1. The van der Waals surface area contributed by atoms with Crippen LogP contribution < -0.4 is 70.4 Å². The molecule has 9 rings (SSSR count). The van der Waals surface area contributed by atoms with Gasteiger partial charge in [0.2, 0.25) is 100 Å². The highest BCUT2D eigenvalue weighted by atomic mass is 32.2. The number of primary amides is 2. The summed E-state index contributed by atoms with van der Waals surface area (Å²) in [6, 6.07) is -1.66. The molecule has 3 fully saturated rings. The number of aromatic amines is 2. The lowest BCUT2D eigenvalue weighted by Crippen LogP contribution is -2.61. The summed E-state index contributed by atoms with van der Waals surface area (Å²) < 4.78 is 0.819. The number of aliphatic hydroxyl groups is 1. The molecule has 0 unspecified atom stereocenters. The molecule has 22 N–H and O–H groups in total. The van der Waals surface area contributed by atoms with E-state index < -0.39 is 273 Å². The highest BCUT2D eigenvalue weighted by molar-refractivity contribution is 8.00. The molecule has 6 aromatic rings. The number of nitrogens with one attached hydrogen (secondary N) is 12. The Kier molecular flexibility index (Phi) is 40.1. The zero-order valence-corrected chi connectivity index (χ0v) is 78.7. The van der Waals surface area contributed by atoms with Crippen molar-refractivity contribution in [3.05, 3.63) is 119 Å². The highest BCUT2D eigenvalue weighted by Crippen LogP contribution is 2.30. The maximum Gasteiger partial charge on any atom is 0.323 e. The largest absolute Gasteiger partial charge is 0.508 e. The smallest absolute Gasteiger partial charge is 0.323 e. The number of rotatable bonds is 28. The number of nitrogens with zero attached hydrogens (tertiary/aromatic N) is 6. The molecular formula is C91H123N21O23S2. The number of imidazole rings is 1. The second kappa shape index (κ2) is 51.3. The van der Waals surface area contributed by atoms with Crippen molar-refractivity contribution in [3.8, 4) is 5.75 Å². The van der Waals surface area contributed by atoms with Crippen LogP contribution in [0.25, 0.3) is 21.0 Å². The number of likely N-dealkylation sites (N-methyl/N-ethyl adjacent to an activating group) is 2. The molecule has 3 aromatic heterocycles. The van der Waals surface area contributed by atoms with E-state index in [0.29, 0.717) is 64.4 Å². The van der Waals surface area contributed by atoms with Crippen molar-refractivity contribution in [2.45, 2.75) is 228 Å². The number of nitrogens with two attached hydrogens (primary N) is 3. The van der Waals surface area contributed by atoms with Crippen molar-refractivity contribution < 1.29 is 112 Å². The molecule has 3 aliphatic heterocycles. The third-order valence-corrected chi connectivity index (χ3v) is 25.9. The number of H-pyrrole nitrogens is 2. The number of fused-ring (bicyclic) bond motifs is 4. The molecule has 742 valence electrons. The van der Waals surface area contributed by atoms with E-state index in [9.17, 15) is 73.2 Å². The number of phenolic OH excluding ortho intramolecular Hbond substituents is 1. The zero-order chi connectivity index (χ0) is 100. The van der Waals surface area contributed by atoms with Gasteiger partial charge in [-0.2, -0.15) is 0 Å². The quantitative estimate of drug-likeness (QED) is 0.0248. The average Bonchev–Trinajstić information content (AvgIpc) is 1.71. The number of phenols is 1. The van der Waals surface area contributed by atoms with Crippen LogP contribution in [0.15, 0.2) is 96.9 Å². The lowest BCUT2D eigenvalue weighted by molar-refractivity contribution is -0.149. The lowest BCUT2D eigenvalue weighted by Gasteiger charge is -2.36. The molecule has 0 spiro atoms. The van der Waals surface area contributed by atoms with Gasteiger partial charge in [-0.25, -0.2) is 4.98 Å². The van der Waals surface area contributed by atoms with Gasteiger partial charge in [-0.1, -0.05) is 102 Å². The molecule has 0 radical (unpaired) electrons. The van der Waals surface area contributed by atoms with E-state index >= 15 is 38.4 Å². The number of aliphatic carboxylic acids is 2. The number of thiophene rings is 1. The van der Waals surface area contributed by atoms with Crippen LogP contribution in [-0.4, -0.2) is 322 Å². The van der Waals surface area contributed by atoms with E-state index in [0.717, 1.165) is 19.9 Å². The summed E-state index contributed by atoms with van der Waals surface area (Å²) in [4.78, 5) is 290. The molecular weight excluding hydrogens is 1820 g/mol. The minimum Gasteiger partial charge on any atom is -0.508 e. The maximum absolute atomic E-state index is 15.8. The number of aromatic hydroxyl groups is 1. The molecule has 44 nitrogen and oxygen atoms in total. The van der Waals surface area contributed by atoms with Crippen molar-refractivity contribution >= 4 is 156 Å². The number of hydrogen-bond donors (Lipinski definition) is 19. The van der Waals surface area contributed by atoms with Crippen molar-refractivity contribution in [1.82, 2.24) is 92.6 Å². The minimum absolute atomic E-state index is 0.00607. The summed E-state index contributed by atoms with van der Waals surface area (Å²) >= 11 is 2.06. The summed E-state index contributed by atoms with van der Waals surface area (Å²) in [6.07, 6.45) is -0.413. The fourth-order valence-electron chi connectivity index (χ4n) is 16.8. The molecule has 17 amide bonds. The average molecular weight is 1940 g/mol. The topological polar surface area (TPSA) is 664 Å². The summed E-state index contributed by atoms with van der Waals surface area (Å²) in [6.45, 7) is 2.88. The van der Waals surface area contributed by atoms with Gasteiger partial charge in [0, 0.05) is 105 Å². The SMILES string of the molecule is CCCC[C@H]1C(=O)N(C)[C@@H](CCCC)C(=O)N[C@@H](CC(C)C)C(=O)N[C@H](C(=O)NCC(N)=O)CSCC(=O)N[C@@H](Cc2ccc(O)cc2)C(=O)N(CC(=O)O)CC(=O)N[C@@H](CC(N)=O)C(=O)N2CCC[C@H]2C(=O)N[C@@H](Cc2cnc[nH]2)C(=O)N[C@@H](CCC(=O)O)C(=O)N2C[C@H](O)C[C@H]2C(=O)N[C@@H](Cc2c[nH]c3ccccc23)C(=O)N[C@@H](CCN)C(=O)N[C@@H](Cc2csc3ccccc23)C(=O)N1C. The summed E-state index contributed by atoms with van der Waals surface area (Å²) in [5, 5.41) is 71.2. The predicted octanol–water partition coefficient (Wildman–Crippen LogP) is -2.17. The molecule has 14 atom stereocenters. The van der Waals surface area contributed by atoms with Gasteiger partial charge in [0.25, 0.3) is 0 Å². The zero-order valence-electron chi connectivity index (χ0n) is 77.1. The van der Waals surface area contributed by atoms with Crippen LogP contribution in [0.2, 0.25) is 0 Å². The number of hydrogen-bond acceptors (Lipinski definition) is 25. The summed E-state index contributed by atoms with van der Waals surface area (Å²) in [5.74, 6) is -22.2. The van der Waals surface area contributed by atoms with E-state index in [1.165, 1.54) is 72.0 Å². The van der Waals surface area contributed by atoms with Crippen molar-refractivity contribution in [2.24, 2.45) is 23.1 Å². The van der Waals surface area contributed by atoms with Gasteiger partial charge in [-0.3, -0.25) is 91.1 Å². The third kappa shape index (κ3) is 30.7. The molecule has 0 aliphatic carbocycles. The predicted molar refractivity (Wildman–Crippen MR) is 500 cm³/mol. The number of unbranched alkanes of at least 4 members (excludes halogenated alkanes) is 2.